The van der Waals surface area contributed by atoms with Gasteiger partial charge in [-0.3, -0.25) is 19.9 Å². The second kappa shape index (κ2) is 7.48. The average molecular weight is 266 g/mol. The van der Waals surface area contributed by atoms with Gasteiger partial charge in [0.1, 0.15) is 6.04 Å². The van der Waals surface area contributed by atoms with E-state index in [1.807, 2.05) is 25.1 Å². The van der Waals surface area contributed by atoms with Crippen LogP contribution in [0, 0.1) is 6.92 Å². The summed E-state index contributed by atoms with van der Waals surface area (Å²) in [4.78, 5) is 27.1. The summed E-state index contributed by atoms with van der Waals surface area (Å²) >= 11 is 0. The highest BCUT2D eigenvalue weighted by atomic mass is 16.5. The Hall–Kier alpha value is -1.95. The van der Waals surface area contributed by atoms with E-state index in [4.69, 9.17) is 0 Å². The number of aryl methyl sites for hydroxylation is 1. The molecule has 1 rings (SSSR count). The van der Waals surface area contributed by atoms with Gasteiger partial charge in [-0.05, 0) is 19.1 Å². The minimum absolute atomic E-state index is 0.0744. The molecule has 0 radical (unpaired) electrons. The van der Waals surface area contributed by atoms with Gasteiger partial charge in [-0.25, -0.2) is 0 Å². The van der Waals surface area contributed by atoms with E-state index in [9.17, 15) is 9.59 Å². The Labute approximate surface area is 112 Å². The maximum Gasteiger partial charge on any atom is 0.323 e. The molecule has 1 aromatic rings. The minimum atomic E-state index is -0.736. The molecule has 0 aromatic carbocycles. The molecular weight excluding hydrogens is 248 g/mol. The number of rotatable bonds is 6. The molecule has 0 aliphatic heterocycles. The van der Waals surface area contributed by atoms with Crippen LogP contribution in [0.1, 0.15) is 17.8 Å². The molecule has 0 amide bonds. The molecule has 0 aliphatic rings. The smallest absolute Gasteiger partial charge is 0.323 e. The van der Waals surface area contributed by atoms with Crippen molar-refractivity contribution >= 4 is 11.9 Å². The first-order chi connectivity index (χ1) is 9.06. The van der Waals surface area contributed by atoms with E-state index >= 15 is 0 Å². The Morgan fingerprint density at radius 1 is 1.32 bits per heavy atom. The van der Waals surface area contributed by atoms with Crippen molar-refractivity contribution in [1.82, 2.24) is 10.3 Å². The molecular formula is C13H18N2O4. The fourth-order valence-electron chi connectivity index (χ4n) is 1.56. The molecule has 0 unspecified atom stereocenters. The number of hydrogen-bond acceptors (Lipinski definition) is 6. The van der Waals surface area contributed by atoms with Crippen LogP contribution in [-0.2, 0) is 25.6 Å². The molecule has 1 N–H and O–H groups in total. The summed E-state index contributed by atoms with van der Waals surface area (Å²) in [7, 11) is 2.55. The van der Waals surface area contributed by atoms with Crippen LogP contribution in [0.4, 0.5) is 0 Å². The molecule has 0 fully saturated rings. The molecule has 0 aliphatic carbocycles. The second-order valence-electron chi connectivity index (χ2n) is 4.01. The summed E-state index contributed by atoms with van der Waals surface area (Å²) in [5.41, 5.74) is 1.68. The van der Waals surface area contributed by atoms with Gasteiger partial charge < -0.3 is 9.47 Å². The van der Waals surface area contributed by atoms with E-state index < -0.39 is 18.0 Å². The number of carbonyl (C=O) groups is 2. The van der Waals surface area contributed by atoms with E-state index in [-0.39, 0.29) is 6.42 Å². The van der Waals surface area contributed by atoms with Crippen molar-refractivity contribution < 1.29 is 19.1 Å². The van der Waals surface area contributed by atoms with E-state index in [1.165, 1.54) is 14.2 Å². The first kappa shape index (κ1) is 15.1. The zero-order chi connectivity index (χ0) is 14.3. The summed E-state index contributed by atoms with van der Waals surface area (Å²) in [5, 5.41) is 2.94. The van der Waals surface area contributed by atoms with E-state index in [1.54, 1.807) is 0 Å². The van der Waals surface area contributed by atoms with Gasteiger partial charge in [0.05, 0.1) is 26.3 Å². The van der Waals surface area contributed by atoms with Crippen LogP contribution in [0.25, 0.3) is 0 Å². The summed E-state index contributed by atoms with van der Waals surface area (Å²) in [6.07, 6.45) is -0.0744. The van der Waals surface area contributed by atoms with E-state index in [0.717, 1.165) is 11.4 Å². The fraction of sp³-hybridized carbons (Fsp3) is 0.462. The first-order valence-corrected chi connectivity index (χ1v) is 5.87. The van der Waals surface area contributed by atoms with Crippen molar-refractivity contribution in [3.05, 3.63) is 29.6 Å². The molecule has 6 nitrogen and oxygen atoms in total. The van der Waals surface area contributed by atoms with Crippen LogP contribution in [0.3, 0.4) is 0 Å². The Bertz CT molecular complexity index is 448. The number of hydrogen-bond donors (Lipinski definition) is 1. The standard InChI is InChI=1S/C13H18N2O4/c1-9-5-4-6-10(15-9)8-14-11(13(17)19-3)7-12(16)18-2/h4-6,11,14H,7-8H2,1-3H3/t11-/m0/s1. The number of ether oxygens (including phenoxy) is 2. The number of aromatic nitrogens is 1. The highest BCUT2D eigenvalue weighted by molar-refractivity contribution is 5.82. The number of nitrogens with one attached hydrogen (secondary N) is 1. The second-order valence-corrected chi connectivity index (χ2v) is 4.01. The quantitative estimate of drug-likeness (QED) is 0.759. The Morgan fingerprint density at radius 3 is 2.63 bits per heavy atom. The maximum absolute atomic E-state index is 11.5. The highest BCUT2D eigenvalue weighted by Crippen LogP contribution is 2.02. The summed E-state index contributed by atoms with van der Waals surface area (Å²) in [5.74, 6) is -0.974. The van der Waals surface area contributed by atoms with Gasteiger partial charge in [0.15, 0.2) is 0 Å². The predicted octanol–water partition coefficient (Wildman–Crippen LogP) is 0.584. The van der Waals surface area contributed by atoms with Crippen LogP contribution in [0.2, 0.25) is 0 Å². The lowest BCUT2D eigenvalue weighted by Crippen LogP contribution is -2.39. The summed E-state index contributed by atoms with van der Waals surface area (Å²) < 4.78 is 9.18. The zero-order valence-corrected chi connectivity index (χ0v) is 11.3. The lowest BCUT2D eigenvalue weighted by atomic mass is 10.2. The molecule has 1 heterocycles. The van der Waals surface area contributed by atoms with Crippen LogP contribution in [-0.4, -0.2) is 37.2 Å². The highest BCUT2D eigenvalue weighted by Gasteiger charge is 2.22. The average Bonchev–Trinajstić information content (AvgIpc) is 2.42. The molecule has 0 bridgehead atoms. The Balaban J connectivity index is 2.62. The van der Waals surface area contributed by atoms with Gasteiger partial charge in [-0.15, -0.1) is 0 Å². The lowest BCUT2D eigenvalue weighted by Gasteiger charge is -2.15. The molecule has 1 atom stereocenters. The largest absolute Gasteiger partial charge is 0.469 e. The van der Waals surface area contributed by atoms with Crippen LogP contribution in [0.5, 0.6) is 0 Å². The van der Waals surface area contributed by atoms with E-state index in [0.29, 0.717) is 6.54 Å². The predicted molar refractivity (Wildman–Crippen MR) is 68.3 cm³/mol. The molecule has 1 aromatic heterocycles. The summed E-state index contributed by atoms with van der Waals surface area (Å²) in [6, 6.07) is 4.87. The van der Waals surface area contributed by atoms with Gasteiger partial charge in [0.2, 0.25) is 0 Å². The number of nitrogens with zero attached hydrogens (tertiary/aromatic N) is 1. The van der Waals surface area contributed by atoms with Gasteiger partial charge in [0, 0.05) is 12.2 Å². The maximum atomic E-state index is 11.5. The van der Waals surface area contributed by atoms with Crippen molar-refractivity contribution in [2.45, 2.75) is 25.9 Å². The third kappa shape index (κ3) is 5.05. The third-order valence-corrected chi connectivity index (χ3v) is 2.56. The van der Waals surface area contributed by atoms with Crippen molar-refractivity contribution in [3.63, 3.8) is 0 Å². The minimum Gasteiger partial charge on any atom is -0.469 e. The number of pyridine rings is 1. The molecule has 104 valence electrons. The van der Waals surface area contributed by atoms with Crippen molar-refractivity contribution in [2.24, 2.45) is 0 Å². The molecule has 0 spiro atoms. The normalized spacial score (nSPS) is 11.7. The van der Waals surface area contributed by atoms with Gasteiger partial charge in [-0.1, -0.05) is 6.07 Å². The fourth-order valence-corrected chi connectivity index (χ4v) is 1.56. The summed E-state index contributed by atoms with van der Waals surface area (Å²) in [6.45, 7) is 2.26. The number of carbonyl (C=O) groups excluding carboxylic acids is 2. The molecule has 19 heavy (non-hydrogen) atoms. The zero-order valence-electron chi connectivity index (χ0n) is 11.3. The molecule has 0 saturated carbocycles. The Morgan fingerprint density at radius 2 is 2.05 bits per heavy atom. The van der Waals surface area contributed by atoms with Crippen molar-refractivity contribution in [2.75, 3.05) is 14.2 Å². The molecule has 6 heteroatoms. The van der Waals surface area contributed by atoms with E-state index in [2.05, 4.69) is 19.8 Å². The monoisotopic (exact) mass is 266 g/mol. The first-order valence-electron chi connectivity index (χ1n) is 5.87. The Kier molecular flexibility index (Phi) is 5.95. The number of esters is 2. The van der Waals surface area contributed by atoms with Gasteiger partial charge in [0.25, 0.3) is 0 Å². The number of methoxy groups -OCH3 is 2. The third-order valence-electron chi connectivity index (χ3n) is 2.56. The van der Waals surface area contributed by atoms with Gasteiger partial charge in [-0.2, -0.15) is 0 Å². The van der Waals surface area contributed by atoms with Crippen LogP contribution in [0.15, 0.2) is 18.2 Å². The SMILES string of the molecule is COC(=O)C[C@H](NCc1cccc(C)n1)C(=O)OC. The van der Waals surface area contributed by atoms with Crippen LogP contribution < -0.4 is 5.32 Å². The van der Waals surface area contributed by atoms with Crippen molar-refractivity contribution in [1.29, 1.82) is 0 Å². The molecule has 0 saturated heterocycles. The topological polar surface area (TPSA) is 77.5 Å². The van der Waals surface area contributed by atoms with Crippen molar-refractivity contribution in [3.8, 4) is 0 Å². The van der Waals surface area contributed by atoms with Crippen LogP contribution >= 0.6 is 0 Å². The lowest BCUT2D eigenvalue weighted by molar-refractivity contribution is -0.149. The van der Waals surface area contributed by atoms with Gasteiger partial charge >= 0.3 is 11.9 Å².